The van der Waals surface area contributed by atoms with E-state index in [2.05, 4.69) is 15.6 Å². The second-order valence-electron chi connectivity index (χ2n) is 5.72. The molecule has 8 heteroatoms. The monoisotopic (exact) mass is 389 g/mol. The third-order valence-corrected chi connectivity index (χ3v) is 5.21. The van der Waals surface area contributed by atoms with Crippen LogP contribution in [0.3, 0.4) is 0 Å². The first kappa shape index (κ1) is 18.5. The van der Waals surface area contributed by atoms with Gasteiger partial charge in [0.05, 0.1) is 0 Å². The number of hydrogen-bond acceptors (Lipinski definition) is 6. The summed E-state index contributed by atoms with van der Waals surface area (Å²) < 4.78 is 5.58. The number of amides is 2. The number of para-hydroxylation sites is 1. The van der Waals surface area contributed by atoms with Gasteiger partial charge < -0.3 is 15.1 Å². The van der Waals surface area contributed by atoms with Crippen LogP contribution in [-0.4, -0.2) is 34.8 Å². The number of carbonyl (C=O) groups excluding carboxylic acids is 2. The van der Waals surface area contributed by atoms with Crippen molar-refractivity contribution in [1.82, 2.24) is 10.3 Å². The summed E-state index contributed by atoms with van der Waals surface area (Å²) in [5.41, 5.74) is 0.640. The molecule has 0 radical (unpaired) electrons. The Morgan fingerprint density at radius 3 is 2.85 bits per heavy atom. The number of thioether (sulfide) groups is 1. The molecular weight excluding hydrogens is 370 g/mol. The van der Waals surface area contributed by atoms with Crippen LogP contribution in [0.25, 0.3) is 11.0 Å². The number of fused-ring (bicyclic) bond motifs is 1. The quantitative estimate of drug-likeness (QED) is 0.644. The van der Waals surface area contributed by atoms with E-state index in [0.717, 1.165) is 16.0 Å². The summed E-state index contributed by atoms with van der Waals surface area (Å²) in [6.07, 6.45) is 4.17. The van der Waals surface area contributed by atoms with Crippen molar-refractivity contribution >= 4 is 51.0 Å². The van der Waals surface area contributed by atoms with Crippen molar-refractivity contribution in [2.24, 2.45) is 0 Å². The number of carbonyl (C=O) groups is 2. The third-order valence-electron chi connectivity index (χ3n) is 3.73. The number of aryl methyl sites for hydroxylation is 1. The van der Waals surface area contributed by atoms with Gasteiger partial charge in [-0.1, -0.05) is 18.2 Å². The van der Waals surface area contributed by atoms with E-state index in [-0.39, 0.29) is 11.7 Å². The summed E-state index contributed by atoms with van der Waals surface area (Å²) in [7, 11) is 0. The average molecular weight is 390 g/mol. The predicted octanol–water partition coefficient (Wildman–Crippen LogP) is 3.69. The standard InChI is InChI=1S/C18H19N3O3S2/c1-11-10-19-18(26-11)21-16(22)13(7-8-25-2)20-17(23)15-9-12-5-3-4-6-14(12)24-15/h3-6,9-10,13H,7-8H2,1-2H3,(H,20,23)(H,19,21,22). The van der Waals surface area contributed by atoms with E-state index in [1.165, 1.54) is 11.3 Å². The maximum Gasteiger partial charge on any atom is 0.287 e. The SMILES string of the molecule is CSCCC(NC(=O)c1cc2ccccc2o1)C(=O)Nc1ncc(C)s1. The van der Waals surface area contributed by atoms with Gasteiger partial charge in [0.2, 0.25) is 5.91 Å². The van der Waals surface area contributed by atoms with Crippen LogP contribution in [0.5, 0.6) is 0 Å². The Hall–Kier alpha value is -2.32. The van der Waals surface area contributed by atoms with Crippen molar-refractivity contribution in [2.75, 3.05) is 17.3 Å². The fraction of sp³-hybridized carbons (Fsp3) is 0.278. The number of nitrogens with zero attached hydrogens (tertiary/aromatic N) is 1. The van der Waals surface area contributed by atoms with Gasteiger partial charge in [0.1, 0.15) is 11.6 Å². The van der Waals surface area contributed by atoms with Crippen LogP contribution in [0, 0.1) is 6.92 Å². The summed E-state index contributed by atoms with van der Waals surface area (Å²) in [5.74, 6) is 0.254. The van der Waals surface area contributed by atoms with Gasteiger partial charge in [0.15, 0.2) is 10.9 Å². The Balaban J connectivity index is 1.72. The topological polar surface area (TPSA) is 84.2 Å². The van der Waals surface area contributed by atoms with Crippen molar-refractivity contribution < 1.29 is 14.0 Å². The van der Waals surface area contributed by atoms with Gasteiger partial charge >= 0.3 is 0 Å². The first-order valence-corrected chi connectivity index (χ1v) is 10.3. The molecule has 3 rings (SSSR count). The second kappa shape index (κ2) is 8.37. The molecule has 1 aromatic carbocycles. The number of thiazole rings is 1. The summed E-state index contributed by atoms with van der Waals surface area (Å²) in [6.45, 7) is 1.92. The Labute approximate surface area is 159 Å². The van der Waals surface area contributed by atoms with E-state index in [4.69, 9.17) is 4.42 Å². The molecule has 2 heterocycles. The molecule has 1 unspecified atom stereocenters. The molecule has 26 heavy (non-hydrogen) atoms. The lowest BCUT2D eigenvalue weighted by Gasteiger charge is -2.16. The minimum absolute atomic E-state index is 0.193. The Bertz CT molecular complexity index is 886. The summed E-state index contributed by atoms with van der Waals surface area (Å²) in [4.78, 5) is 30.3. The number of anilines is 1. The van der Waals surface area contributed by atoms with Crippen LogP contribution >= 0.6 is 23.1 Å². The molecule has 0 aliphatic carbocycles. The lowest BCUT2D eigenvalue weighted by Crippen LogP contribution is -2.44. The minimum atomic E-state index is -0.660. The van der Waals surface area contributed by atoms with E-state index in [0.29, 0.717) is 17.1 Å². The molecule has 136 valence electrons. The molecule has 0 aliphatic rings. The van der Waals surface area contributed by atoms with Gasteiger partial charge in [-0.2, -0.15) is 11.8 Å². The van der Waals surface area contributed by atoms with Crippen molar-refractivity contribution in [3.8, 4) is 0 Å². The van der Waals surface area contributed by atoms with Crippen molar-refractivity contribution in [3.63, 3.8) is 0 Å². The molecular formula is C18H19N3O3S2. The maximum atomic E-state index is 12.6. The molecule has 6 nitrogen and oxygen atoms in total. The normalized spacial score (nSPS) is 12.1. The van der Waals surface area contributed by atoms with Gasteiger partial charge in [-0.3, -0.25) is 9.59 Å². The average Bonchev–Trinajstić information content (AvgIpc) is 3.24. The Morgan fingerprint density at radius 2 is 2.15 bits per heavy atom. The number of furan rings is 1. The smallest absolute Gasteiger partial charge is 0.287 e. The predicted molar refractivity (Wildman–Crippen MR) is 106 cm³/mol. The molecule has 3 aromatic rings. The Kier molecular flexibility index (Phi) is 5.95. The van der Waals surface area contributed by atoms with Gasteiger partial charge in [-0.15, -0.1) is 11.3 Å². The summed E-state index contributed by atoms with van der Waals surface area (Å²) >= 11 is 3.01. The second-order valence-corrected chi connectivity index (χ2v) is 7.94. The van der Waals surface area contributed by atoms with Crippen LogP contribution in [0.1, 0.15) is 21.9 Å². The number of rotatable bonds is 7. The molecule has 0 aliphatic heterocycles. The summed E-state index contributed by atoms with van der Waals surface area (Å²) in [5, 5.41) is 6.92. The highest BCUT2D eigenvalue weighted by molar-refractivity contribution is 7.98. The van der Waals surface area contributed by atoms with Crippen LogP contribution < -0.4 is 10.6 Å². The number of nitrogens with one attached hydrogen (secondary N) is 2. The zero-order valence-corrected chi connectivity index (χ0v) is 16.1. The minimum Gasteiger partial charge on any atom is -0.451 e. The molecule has 0 fully saturated rings. The van der Waals surface area contributed by atoms with E-state index in [9.17, 15) is 9.59 Å². The van der Waals surface area contributed by atoms with Crippen molar-refractivity contribution in [2.45, 2.75) is 19.4 Å². The van der Waals surface area contributed by atoms with Crippen LogP contribution in [0.4, 0.5) is 5.13 Å². The van der Waals surface area contributed by atoms with Gasteiger partial charge in [0.25, 0.3) is 5.91 Å². The van der Waals surface area contributed by atoms with E-state index in [1.54, 1.807) is 30.1 Å². The number of hydrogen-bond donors (Lipinski definition) is 2. The van der Waals surface area contributed by atoms with Gasteiger partial charge in [0, 0.05) is 16.5 Å². The highest BCUT2D eigenvalue weighted by atomic mass is 32.2. The lowest BCUT2D eigenvalue weighted by atomic mass is 10.2. The molecule has 0 saturated heterocycles. The molecule has 2 aromatic heterocycles. The largest absolute Gasteiger partial charge is 0.451 e. The van der Waals surface area contributed by atoms with Crippen molar-refractivity contribution in [1.29, 1.82) is 0 Å². The van der Waals surface area contributed by atoms with E-state index < -0.39 is 11.9 Å². The molecule has 0 spiro atoms. The van der Waals surface area contributed by atoms with Gasteiger partial charge in [-0.25, -0.2) is 4.98 Å². The number of benzene rings is 1. The number of aromatic nitrogens is 1. The molecule has 0 bridgehead atoms. The van der Waals surface area contributed by atoms with Gasteiger partial charge in [-0.05, 0) is 37.5 Å². The van der Waals surface area contributed by atoms with Crippen LogP contribution in [0.15, 0.2) is 40.9 Å². The first-order chi connectivity index (χ1) is 12.6. The fourth-order valence-corrected chi connectivity index (χ4v) is 3.57. The molecule has 2 N–H and O–H groups in total. The maximum absolute atomic E-state index is 12.6. The van der Waals surface area contributed by atoms with Crippen molar-refractivity contribution in [3.05, 3.63) is 47.2 Å². The molecule has 0 saturated carbocycles. The van der Waals surface area contributed by atoms with E-state index >= 15 is 0 Å². The fourth-order valence-electron chi connectivity index (χ4n) is 2.43. The first-order valence-electron chi connectivity index (χ1n) is 8.08. The highest BCUT2D eigenvalue weighted by Gasteiger charge is 2.23. The Morgan fingerprint density at radius 1 is 1.35 bits per heavy atom. The van der Waals surface area contributed by atoms with Crippen LogP contribution in [0.2, 0.25) is 0 Å². The highest BCUT2D eigenvalue weighted by Crippen LogP contribution is 2.20. The van der Waals surface area contributed by atoms with Crippen LogP contribution in [-0.2, 0) is 4.79 Å². The molecule has 2 amide bonds. The third kappa shape index (κ3) is 4.44. The molecule has 1 atom stereocenters. The van der Waals surface area contributed by atoms with E-state index in [1.807, 2.05) is 31.4 Å². The zero-order valence-electron chi connectivity index (χ0n) is 14.4. The lowest BCUT2D eigenvalue weighted by molar-refractivity contribution is -0.118. The zero-order chi connectivity index (χ0) is 18.5. The summed E-state index contributed by atoms with van der Waals surface area (Å²) in [6, 6.07) is 8.42.